The molecule has 2 rings (SSSR count). The normalized spacial score (nSPS) is 8.18. The van der Waals surface area contributed by atoms with Crippen molar-refractivity contribution in [2.24, 2.45) is 11.5 Å². The van der Waals surface area contributed by atoms with Crippen molar-refractivity contribution in [1.29, 1.82) is 0 Å². The summed E-state index contributed by atoms with van der Waals surface area (Å²) in [5.74, 6) is 0. The second-order valence-corrected chi connectivity index (χ2v) is 4.53. The first-order valence-electron chi connectivity index (χ1n) is 6.61. The van der Waals surface area contributed by atoms with Crippen LogP contribution in [0.4, 0.5) is 0 Å². The molecule has 0 saturated carbocycles. The molecule has 0 aliphatic heterocycles. The van der Waals surface area contributed by atoms with E-state index in [1.54, 1.807) is 0 Å². The lowest BCUT2D eigenvalue weighted by Gasteiger charge is -1.96. The van der Waals surface area contributed by atoms with Gasteiger partial charge in [-0.2, -0.15) is 0 Å². The summed E-state index contributed by atoms with van der Waals surface area (Å²) in [6.45, 7) is 11.0. The standard InChI is InChI=1S/C10H10.C8H8.CH4N2S/c1-3-9-7-5-6-8-10(9)4-2;1-2-8-6-4-3-5-7-8;2-1(3)4/h3-8H,1-2H2;2-7H,1H2;(H4,2,3,4). The zero-order valence-corrected chi connectivity index (χ0v) is 13.4. The molecule has 0 amide bonds. The van der Waals surface area contributed by atoms with Crippen LogP contribution < -0.4 is 11.5 Å². The van der Waals surface area contributed by atoms with E-state index in [9.17, 15) is 0 Å². The Balaban J connectivity index is 0.000000330. The SMILES string of the molecule is C=Cc1ccccc1.C=Cc1ccccc1C=C.NC(N)=S. The predicted octanol–water partition coefficient (Wildman–Crippen LogP) is 4.49. The third-order valence-corrected chi connectivity index (χ3v) is 2.47. The van der Waals surface area contributed by atoms with Gasteiger partial charge in [0.2, 0.25) is 0 Å². The number of rotatable bonds is 3. The molecular formula is C19H22N2S. The van der Waals surface area contributed by atoms with Crippen LogP contribution in [-0.2, 0) is 0 Å². The van der Waals surface area contributed by atoms with E-state index in [1.807, 2.05) is 72.8 Å². The number of thiocarbonyl (C=S) groups is 1. The molecule has 114 valence electrons. The summed E-state index contributed by atoms with van der Waals surface area (Å²) in [7, 11) is 0. The van der Waals surface area contributed by atoms with Gasteiger partial charge < -0.3 is 11.5 Å². The minimum Gasteiger partial charge on any atom is -0.377 e. The smallest absolute Gasteiger partial charge is 0.160 e. The van der Waals surface area contributed by atoms with Gasteiger partial charge in [-0.05, 0) is 28.9 Å². The van der Waals surface area contributed by atoms with Crippen molar-refractivity contribution < 1.29 is 0 Å². The van der Waals surface area contributed by atoms with Crippen LogP contribution in [-0.4, -0.2) is 5.11 Å². The molecule has 0 bridgehead atoms. The first-order chi connectivity index (χ1) is 10.5. The van der Waals surface area contributed by atoms with Crippen molar-refractivity contribution >= 4 is 35.6 Å². The van der Waals surface area contributed by atoms with E-state index >= 15 is 0 Å². The van der Waals surface area contributed by atoms with E-state index in [0.29, 0.717) is 0 Å². The van der Waals surface area contributed by atoms with Gasteiger partial charge in [0.1, 0.15) is 0 Å². The summed E-state index contributed by atoms with van der Waals surface area (Å²) in [6.07, 6.45) is 5.49. The highest BCUT2D eigenvalue weighted by Crippen LogP contribution is 2.10. The molecule has 0 aromatic heterocycles. The van der Waals surface area contributed by atoms with Crippen molar-refractivity contribution in [3.63, 3.8) is 0 Å². The van der Waals surface area contributed by atoms with Crippen LogP contribution in [0.15, 0.2) is 74.3 Å². The molecule has 0 atom stereocenters. The molecular weight excluding hydrogens is 288 g/mol. The maximum atomic E-state index is 4.62. The molecule has 0 fully saturated rings. The lowest BCUT2D eigenvalue weighted by Crippen LogP contribution is -2.18. The monoisotopic (exact) mass is 310 g/mol. The molecule has 0 aliphatic carbocycles. The molecule has 0 aliphatic rings. The maximum absolute atomic E-state index is 4.62. The van der Waals surface area contributed by atoms with E-state index < -0.39 is 0 Å². The summed E-state index contributed by atoms with van der Waals surface area (Å²) in [5.41, 5.74) is 12.7. The van der Waals surface area contributed by atoms with Gasteiger partial charge in [0.25, 0.3) is 0 Å². The summed E-state index contributed by atoms with van der Waals surface area (Å²) in [4.78, 5) is 0. The summed E-state index contributed by atoms with van der Waals surface area (Å²) in [6, 6.07) is 18.0. The largest absolute Gasteiger partial charge is 0.377 e. The third-order valence-electron chi connectivity index (χ3n) is 2.47. The maximum Gasteiger partial charge on any atom is 0.160 e. The van der Waals surface area contributed by atoms with Crippen molar-refractivity contribution in [3.8, 4) is 0 Å². The molecule has 2 nitrogen and oxygen atoms in total. The van der Waals surface area contributed by atoms with Crippen LogP contribution in [0, 0.1) is 0 Å². The van der Waals surface area contributed by atoms with Gasteiger partial charge in [0.05, 0.1) is 0 Å². The zero-order chi connectivity index (χ0) is 16.8. The second-order valence-electron chi connectivity index (χ2n) is 4.05. The highest BCUT2D eigenvalue weighted by molar-refractivity contribution is 7.80. The van der Waals surface area contributed by atoms with Crippen molar-refractivity contribution in [2.75, 3.05) is 0 Å². The van der Waals surface area contributed by atoms with Crippen LogP contribution in [0.1, 0.15) is 16.7 Å². The molecule has 22 heavy (non-hydrogen) atoms. The molecule has 0 radical (unpaired) electrons. The highest BCUT2D eigenvalue weighted by atomic mass is 32.1. The van der Waals surface area contributed by atoms with Gasteiger partial charge in [-0.25, -0.2) is 0 Å². The molecule has 0 saturated heterocycles. The van der Waals surface area contributed by atoms with E-state index in [4.69, 9.17) is 0 Å². The van der Waals surface area contributed by atoms with Crippen LogP contribution in [0.5, 0.6) is 0 Å². The van der Waals surface area contributed by atoms with Crippen LogP contribution in [0.2, 0.25) is 0 Å². The predicted molar refractivity (Wildman–Crippen MR) is 104 cm³/mol. The molecule has 0 spiro atoms. The zero-order valence-electron chi connectivity index (χ0n) is 12.6. The lowest BCUT2D eigenvalue weighted by molar-refractivity contribution is 1.62. The average molecular weight is 310 g/mol. The van der Waals surface area contributed by atoms with Gasteiger partial charge in [-0.3, -0.25) is 0 Å². The molecule has 2 aromatic rings. The fraction of sp³-hybridized carbons (Fsp3) is 0. The Labute approximate surface area is 138 Å². The third kappa shape index (κ3) is 9.28. The van der Waals surface area contributed by atoms with E-state index in [-0.39, 0.29) is 5.11 Å². The summed E-state index contributed by atoms with van der Waals surface area (Å²) >= 11 is 4.09. The molecule has 4 N–H and O–H groups in total. The van der Waals surface area contributed by atoms with E-state index in [0.717, 1.165) is 11.1 Å². The van der Waals surface area contributed by atoms with Gasteiger partial charge in [0.15, 0.2) is 5.11 Å². The number of hydrogen-bond donors (Lipinski definition) is 2. The second kappa shape index (κ2) is 12.1. The fourth-order valence-electron chi connectivity index (χ4n) is 1.47. The topological polar surface area (TPSA) is 52.0 Å². The molecule has 3 heteroatoms. The Morgan fingerprint density at radius 1 is 0.727 bits per heavy atom. The Kier molecular flexibility index (Phi) is 10.7. The summed E-state index contributed by atoms with van der Waals surface area (Å²) < 4.78 is 0. The van der Waals surface area contributed by atoms with Crippen LogP contribution in [0.3, 0.4) is 0 Å². The first kappa shape index (κ1) is 19.4. The average Bonchev–Trinajstić information content (AvgIpc) is 2.55. The minimum absolute atomic E-state index is 0.000000000000000222. The lowest BCUT2D eigenvalue weighted by atomic mass is 10.1. The molecule has 2 aromatic carbocycles. The van der Waals surface area contributed by atoms with Gasteiger partial charge in [0, 0.05) is 0 Å². The van der Waals surface area contributed by atoms with Gasteiger partial charge in [-0.15, -0.1) is 0 Å². The first-order valence-corrected chi connectivity index (χ1v) is 7.02. The minimum atomic E-state index is 0.000000000000000222. The van der Waals surface area contributed by atoms with Gasteiger partial charge >= 0.3 is 0 Å². The Hall–Kier alpha value is -2.65. The molecule has 0 unspecified atom stereocenters. The number of benzene rings is 2. The van der Waals surface area contributed by atoms with Crippen molar-refractivity contribution in [1.82, 2.24) is 0 Å². The fourth-order valence-corrected chi connectivity index (χ4v) is 1.47. The summed E-state index contributed by atoms with van der Waals surface area (Å²) in [5, 5.41) is 0.000000000000000222. The number of nitrogens with two attached hydrogens (primary N) is 2. The van der Waals surface area contributed by atoms with Crippen molar-refractivity contribution in [3.05, 3.63) is 91.0 Å². The molecule has 0 heterocycles. The van der Waals surface area contributed by atoms with Crippen LogP contribution >= 0.6 is 12.2 Å². The van der Waals surface area contributed by atoms with Crippen LogP contribution in [0.25, 0.3) is 18.2 Å². The quantitative estimate of drug-likeness (QED) is 0.821. The van der Waals surface area contributed by atoms with E-state index in [1.165, 1.54) is 5.56 Å². The van der Waals surface area contributed by atoms with Gasteiger partial charge in [-0.1, -0.05) is 92.6 Å². The van der Waals surface area contributed by atoms with E-state index in [2.05, 4.69) is 43.4 Å². The highest BCUT2D eigenvalue weighted by Gasteiger charge is 1.89. The Morgan fingerprint density at radius 2 is 1.09 bits per heavy atom. The Morgan fingerprint density at radius 3 is 1.36 bits per heavy atom. The Bertz CT molecular complexity index is 573. The number of hydrogen-bond acceptors (Lipinski definition) is 1. The van der Waals surface area contributed by atoms with Crippen molar-refractivity contribution in [2.45, 2.75) is 0 Å².